The zero-order chi connectivity index (χ0) is 14.4. The van der Waals surface area contributed by atoms with Crippen LogP contribution in [0, 0.1) is 5.82 Å². The SMILES string of the molecule is Nc1nc(CCC(=O)NCCc2ccccc2F)cs1. The molecule has 1 amide bonds. The van der Waals surface area contributed by atoms with Crippen molar-refractivity contribution in [2.45, 2.75) is 19.3 Å². The number of nitrogens with one attached hydrogen (secondary N) is 1. The summed E-state index contributed by atoms with van der Waals surface area (Å²) in [6.45, 7) is 0.430. The van der Waals surface area contributed by atoms with E-state index in [-0.39, 0.29) is 11.7 Å². The van der Waals surface area contributed by atoms with Crippen LogP contribution in [-0.4, -0.2) is 17.4 Å². The van der Waals surface area contributed by atoms with E-state index >= 15 is 0 Å². The lowest BCUT2D eigenvalue weighted by Crippen LogP contribution is -2.26. The average molecular weight is 293 g/mol. The largest absolute Gasteiger partial charge is 0.375 e. The molecule has 0 fully saturated rings. The maximum Gasteiger partial charge on any atom is 0.220 e. The van der Waals surface area contributed by atoms with Gasteiger partial charge in [0.2, 0.25) is 5.91 Å². The van der Waals surface area contributed by atoms with E-state index < -0.39 is 0 Å². The van der Waals surface area contributed by atoms with Gasteiger partial charge in [0, 0.05) is 18.3 Å². The summed E-state index contributed by atoms with van der Waals surface area (Å²) in [6.07, 6.45) is 1.42. The average Bonchev–Trinajstić information content (AvgIpc) is 2.84. The minimum Gasteiger partial charge on any atom is -0.375 e. The molecule has 1 aromatic heterocycles. The van der Waals surface area contributed by atoms with E-state index in [0.717, 1.165) is 5.69 Å². The number of benzene rings is 1. The van der Waals surface area contributed by atoms with Gasteiger partial charge in [-0.2, -0.15) is 0 Å². The number of nitrogens with zero attached hydrogens (tertiary/aromatic N) is 1. The Morgan fingerprint density at radius 2 is 2.15 bits per heavy atom. The second-order valence-electron chi connectivity index (χ2n) is 4.37. The van der Waals surface area contributed by atoms with Crippen LogP contribution < -0.4 is 11.1 Å². The van der Waals surface area contributed by atoms with E-state index in [2.05, 4.69) is 10.3 Å². The molecule has 0 atom stereocenters. The number of thiazole rings is 1. The highest BCUT2D eigenvalue weighted by molar-refractivity contribution is 7.13. The summed E-state index contributed by atoms with van der Waals surface area (Å²) in [5, 5.41) is 5.14. The summed E-state index contributed by atoms with van der Waals surface area (Å²) in [5.41, 5.74) is 6.96. The highest BCUT2D eigenvalue weighted by Gasteiger charge is 2.05. The Balaban J connectivity index is 1.69. The molecule has 0 spiro atoms. The molecule has 3 N–H and O–H groups in total. The van der Waals surface area contributed by atoms with Crippen LogP contribution in [-0.2, 0) is 17.6 Å². The fraction of sp³-hybridized carbons (Fsp3) is 0.286. The molecule has 0 radical (unpaired) electrons. The smallest absolute Gasteiger partial charge is 0.220 e. The standard InChI is InChI=1S/C14H16FN3OS/c15-12-4-2-1-3-10(12)7-8-17-13(19)6-5-11-9-20-14(16)18-11/h1-4,9H,5-8H2,(H2,16,18)(H,17,19). The second-order valence-corrected chi connectivity index (χ2v) is 5.26. The predicted molar refractivity (Wildman–Crippen MR) is 78.0 cm³/mol. The molecule has 0 saturated heterocycles. The van der Waals surface area contributed by atoms with Gasteiger partial charge in [-0.15, -0.1) is 11.3 Å². The molecule has 4 nitrogen and oxygen atoms in total. The summed E-state index contributed by atoms with van der Waals surface area (Å²) in [7, 11) is 0. The molecule has 6 heteroatoms. The second kappa shape index (κ2) is 7.00. The molecule has 0 aliphatic carbocycles. The first kappa shape index (κ1) is 14.5. The van der Waals surface area contributed by atoms with E-state index in [4.69, 9.17) is 5.73 Å². The molecular formula is C14H16FN3OS. The third kappa shape index (κ3) is 4.31. The maximum absolute atomic E-state index is 13.4. The number of aryl methyl sites for hydroxylation is 1. The Hall–Kier alpha value is -1.95. The summed E-state index contributed by atoms with van der Waals surface area (Å²) >= 11 is 1.37. The van der Waals surface area contributed by atoms with Gasteiger partial charge in [0.1, 0.15) is 5.82 Å². The van der Waals surface area contributed by atoms with Crippen molar-refractivity contribution >= 4 is 22.4 Å². The van der Waals surface area contributed by atoms with Crippen LogP contribution >= 0.6 is 11.3 Å². The Labute approximate surface area is 120 Å². The quantitative estimate of drug-likeness (QED) is 0.857. The third-order valence-corrected chi connectivity index (χ3v) is 3.57. The number of carbonyl (C=O) groups is 1. The zero-order valence-electron chi connectivity index (χ0n) is 10.9. The number of anilines is 1. The van der Waals surface area contributed by atoms with Gasteiger partial charge in [-0.3, -0.25) is 4.79 Å². The molecule has 2 aromatic rings. The summed E-state index contributed by atoms with van der Waals surface area (Å²) in [5.74, 6) is -0.299. The lowest BCUT2D eigenvalue weighted by molar-refractivity contribution is -0.121. The van der Waals surface area contributed by atoms with Gasteiger partial charge in [0.05, 0.1) is 5.69 Å². The van der Waals surface area contributed by atoms with Crippen molar-refractivity contribution in [3.63, 3.8) is 0 Å². The number of hydrogen-bond donors (Lipinski definition) is 2. The molecule has 0 saturated carbocycles. The number of nitrogens with two attached hydrogens (primary N) is 1. The van der Waals surface area contributed by atoms with Crippen molar-refractivity contribution in [1.82, 2.24) is 10.3 Å². The van der Waals surface area contributed by atoms with Crippen molar-refractivity contribution in [3.05, 3.63) is 46.7 Å². The summed E-state index contributed by atoms with van der Waals surface area (Å²) in [6, 6.07) is 6.58. The zero-order valence-corrected chi connectivity index (χ0v) is 11.8. The van der Waals surface area contributed by atoms with E-state index in [0.29, 0.717) is 36.5 Å². The number of halogens is 1. The van der Waals surface area contributed by atoms with E-state index in [1.54, 1.807) is 18.2 Å². The number of carbonyl (C=O) groups excluding carboxylic acids is 1. The molecule has 20 heavy (non-hydrogen) atoms. The fourth-order valence-electron chi connectivity index (χ4n) is 1.81. The first-order valence-electron chi connectivity index (χ1n) is 6.35. The summed E-state index contributed by atoms with van der Waals surface area (Å²) < 4.78 is 13.4. The van der Waals surface area contributed by atoms with Crippen LogP contribution in [0.3, 0.4) is 0 Å². The number of hydrogen-bond acceptors (Lipinski definition) is 4. The molecule has 106 valence electrons. The Bertz CT molecular complexity index is 585. The van der Waals surface area contributed by atoms with Crippen molar-refractivity contribution in [2.24, 2.45) is 0 Å². The topological polar surface area (TPSA) is 68.0 Å². The molecular weight excluding hydrogens is 277 g/mol. The van der Waals surface area contributed by atoms with Gasteiger partial charge in [0.25, 0.3) is 0 Å². The van der Waals surface area contributed by atoms with Crippen LogP contribution in [0.25, 0.3) is 0 Å². The minimum atomic E-state index is -0.236. The van der Waals surface area contributed by atoms with Gasteiger partial charge >= 0.3 is 0 Å². The fourth-order valence-corrected chi connectivity index (χ4v) is 2.40. The van der Waals surface area contributed by atoms with Crippen LogP contribution in [0.4, 0.5) is 9.52 Å². The van der Waals surface area contributed by atoms with E-state index in [9.17, 15) is 9.18 Å². The van der Waals surface area contributed by atoms with E-state index in [1.165, 1.54) is 17.4 Å². The van der Waals surface area contributed by atoms with Gasteiger partial charge < -0.3 is 11.1 Å². The number of nitrogen functional groups attached to an aromatic ring is 1. The Kier molecular flexibility index (Phi) is 5.06. The first-order valence-corrected chi connectivity index (χ1v) is 7.23. The minimum absolute atomic E-state index is 0.0621. The molecule has 1 heterocycles. The van der Waals surface area contributed by atoms with Crippen LogP contribution in [0.1, 0.15) is 17.7 Å². The molecule has 0 aliphatic rings. The van der Waals surface area contributed by atoms with Crippen LogP contribution in [0.2, 0.25) is 0 Å². The number of rotatable bonds is 6. The van der Waals surface area contributed by atoms with Gasteiger partial charge in [-0.1, -0.05) is 18.2 Å². The Morgan fingerprint density at radius 3 is 2.85 bits per heavy atom. The highest BCUT2D eigenvalue weighted by atomic mass is 32.1. The van der Waals surface area contributed by atoms with Gasteiger partial charge in [-0.05, 0) is 24.5 Å². The first-order chi connectivity index (χ1) is 9.65. The lowest BCUT2D eigenvalue weighted by Gasteiger charge is -2.05. The van der Waals surface area contributed by atoms with Gasteiger partial charge in [0.15, 0.2) is 5.13 Å². The third-order valence-electron chi connectivity index (χ3n) is 2.85. The van der Waals surface area contributed by atoms with Crippen molar-refractivity contribution in [2.75, 3.05) is 12.3 Å². The van der Waals surface area contributed by atoms with Crippen molar-refractivity contribution in [1.29, 1.82) is 0 Å². The monoisotopic (exact) mass is 293 g/mol. The maximum atomic E-state index is 13.4. The lowest BCUT2D eigenvalue weighted by atomic mass is 10.1. The molecule has 0 aliphatic heterocycles. The molecule has 2 rings (SSSR count). The van der Waals surface area contributed by atoms with Crippen LogP contribution in [0.5, 0.6) is 0 Å². The highest BCUT2D eigenvalue weighted by Crippen LogP contribution is 2.12. The summed E-state index contributed by atoms with van der Waals surface area (Å²) in [4.78, 5) is 15.7. The predicted octanol–water partition coefficient (Wildman–Crippen LogP) is 2.16. The van der Waals surface area contributed by atoms with Crippen molar-refractivity contribution < 1.29 is 9.18 Å². The Morgan fingerprint density at radius 1 is 1.35 bits per heavy atom. The molecule has 0 unspecified atom stereocenters. The number of aromatic nitrogens is 1. The van der Waals surface area contributed by atoms with Gasteiger partial charge in [-0.25, -0.2) is 9.37 Å². The molecule has 0 bridgehead atoms. The molecule has 1 aromatic carbocycles. The van der Waals surface area contributed by atoms with E-state index in [1.807, 2.05) is 5.38 Å². The normalized spacial score (nSPS) is 10.4. The number of amides is 1. The van der Waals surface area contributed by atoms with Crippen molar-refractivity contribution in [3.8, 4) is 0 Å². The van der Waals surface area contributed by atoms with Crippen LogP contribution in [0.15, 0.2) is 29.6 Å².